The van der Waals surface area contributed by atoms with Gasteiger partial charge in [-0.15, -0.1) is 0 Å². The lowest BCUT2D eigenvalue weighted by molar-refractivity contribution is -0.137. The molecule has 0 aliphatic carbocycles. The Bertz CT molecular complexity index is 390. The first-order valence-corrected chi connectivity index (χ1v) is 5.97. The fourth-order valence-corrected chi connectivity index (χ4v) is 1.64. The molecule has 0 spiro atoms. The molecule has 1 aromatic rings. The van der Waals surface area contributed by atoms with Crippen LogP contribution in [0.2, 0.25) is 0 Å². The highest BCUT2D eigenvalue weighted by molar-refractivity contribution is 5.39. The van der Waals surface area contributed by atoms with Gasteiger partial charge in [-0.1, -0.05) is 6.92 Å². The van der Waals surface area contributed by atoms with Gasteiger partial charge < -0.3 is 10.5 Å². The van der Waals surface area contributed by atoms with E-state index in [2.05, 4.69) is 0 Å². The van der Waals surface area contributed by atoms with E-state index in [0.29, 0.717) is 30.8 Å². The molecule has 102 valence electrons. The summed E-state index contributed by atoms with van der Waals surface area (Å²) < 4.78 is 43.2. The zero-order valence-electron chi connectivity index (χ0n) is 10.6. The molecule has 0 saturated heterocycles. The van der Waals surface area contributed by atoms with Gasteiger partial charge in [0, 0.05) is 6.04 Å². The quantitative estimate of drug-likeness (QED) is 0.881. The normalized spacial score (nSPS) is 13.4. The van der Waals surface area contributed by atoms with Crippen LogP contribution in [0.3, 0.4) is 0 Å². The number of rotatable bonds is 5. The molecule has 2 nitrogen and oxygen atoms in total. The van der Waals surface area contributed by atoms with Gasteiger partial charge in [-0.05, 0) is 43.5 Å². The molecule has 2 N–H and O–H groups in total. The number of ether oxygens (including phenoxy) is 1. The predicted octanol–water partition coefficient (Wildman–Crippen LogP) is 3.38. The first kappa shape index (κ1) is 14.8. The first-order valence-electron chi connectivity index (χ1n) is 5.97. The van der Waals surface area contributed by atoms with Crippen molar-refractivity contribution >= 4 is 0 Å². The van der Waals surface area contributed by atoms with Crippen LogP contribution in [0.25, 0.3) is 0 Å². The fourth-order valence-electron chi connectivity index (χ4n) is 1.64. The second kappa shape index (κ2) is 6.09. The number of hydrogen-bond donors (Lipinski definition) is 1. The van der Waals surface area contributed by atoms with E-state index in [1.165, 1.54) is 6.07 Å². The lowest BCUT2D eigenvalue weighted by atomic mass is 10.0. The molecule has 0 aliphatic rings. The number of nitrogens with two attached hydrogens (primary N) is 1. The summed E-state index contributed by atoms with van der Waals surface area (Å²) >= 11 is 0. The third-order valence-electron chi connectivity index (χ3n) is 2.69. The summed E-state index contributed by atoms with van der Waals surface area (Å²) in [6.45, 7) is 4.11. The highest BCUT2D eigenvalue weighted by atomic mass is 19.4. The maximum atomic E-state index is 12.6. The average Bonchev–Trinajstić information content (AvgIpc) is 2.30. The molecule has 0 heterocycles. The van der Waals surface area contributed by atoms with E-state index in [4.69, 9.17) is 10.5 Å². The molecule has 1 atom stereocenters. The van der Waals surface area contributed by atoms with Crippen LogP contribution in [0.5, 0.6) is 5.75 Å². The summed E-state index contributed by atoms with van der Waals surface area (Å²) in [4.78, 5) is 0. The zero-order chi connectivity index (χ0) is 13.8. The van der Waals surface area contributed by atoms with E-state index >= 15 is 0 Å². The average molecular weight is 261 g/mol. The Balaban J connectivity index is 3.07. The van der Waals surface area contributed by atoms with Gasteiger partial charge in [-0.25, -0.2) is 0 Å². The standard InChI is InChI=1S/C13H18F3NO/c1-3-11(17)8-9-7-10(13(14,15)16)5-6-12(9)18-4-2/h5-7,11H,3-4,8,17H2,1-2H3. The molecule has 0 aromatic heterocycles. The van der Waals surface area contributed by atoms with Crippen molar-refractivity contribution in [3.63, 3.8) is 0 Å². The minimum atomic E-state index is -4.34. The van der Waals surface area contributed by atoms with Crippen LogP contribution in [0.4, 0.5) is 13.2 Å². The van der Waals surface area contributed by atoms with Gasteiger partial charge in [0.1, 0.15) is 5.75 Å². The summed E-state index contributed by atoms with van der Waals surface area (Å²) in [5.74, 6) is 0.481. The second-order valence-corrected chi connectivity index (χ2v) is 4.13. The van der Waals surface area contributed by atoms with Crippen molar-refractivity contribution in [1.82, 2.24) is 0 Å². The van der Waals surface area contributed by atoms with Crippen molar-refractivity contribution < 1.29 is 17.9 Å². The van der Waals surface area contributed by atoms with Gasteiger partial charge in [0.2, 0.25) is 0 Å². The van der Waals surface area contributed by atoms with Crippen LogP contribution >= 0.6 is 0 Å². The van der Waals surface area contributed by atoms with Gasteiger partial charge in [0.15, 0.2) is 0 Å². The van der Waals surface area contributed by atoms with Crippen LogP contribution in [0, 0.1) is 0 Å². The van der Waals surface area contributed by atoms with E-state index in [1.54, 1.807) is 6.92 Å². The van der Waals surface area contributed by atoms with Crippen molar-refractivity contribution in [2.45, 2.75) is 38.9 Å². The molecule has 5 heteroatoms. The molecule has 1 aromatic carbocycles. The topological polar surface area (TPSA) is 35.2 Å². The third-order valence-corrected chi connectivity index (χ3v) is 2.69. The molecule has 0 saturated carbocycles. The van der Waals surface area contributed by atoms with Crippen molar-refractivity contribution in [2.75, 3.05) is 6.61 Å². The Morgan fingerprint density at radius 3 is 2.44 bits per heavy atom. The van der Waals surface area contributed by atoms with Gasteiger partial charge in [0.25, 0.3) is 0 Å². The van der Waals surface area contributed by atoms with E-state index in [-0.39, 0.29) is 6.04 Å². The smallest absolute Gasteiger partial charge is 0.416 e. The van der Waals surface area contributed by atoms with Gasteiger partial charge in [-0.2, -0.15) is 13.2 Å². The largest absolute Gasteiger partial charge is 0.494 e. The molecule has 18 heavy (non-hydrogen) atoms. The predicted molar refractivity (Wildman–Crippen MR) is 64.6 cm³/mol. The maximum absolute atomic E-state index is 12.6. The molecule has 0 radical (unpaired) electrons. The van der Waals surface area contributed by atoms with E-state index < -0.39 is 11.7 Å². The minimum Gasteiger partial charge on any atom is -0.494 e. The molecule has 0 amide bonds. The Morgan fingerprint density at radius 2 is 1.94 bits per heavy atom. The number of hydrogen-bond acceptors (Lipinski definition) is 2. The lowest BCUT2D eigenvalue weighted by Crippen LogP contribution is -2.22. The summed E-state index contributed by atoms with van der Waals surface area (Å²) in [6, 6.07) is 3.36. The van der Waals surface area contributed by atoms with Crippen LogP contribution < -0.4 is 10.5 Å². The summed E-state index contributed by atoms with van der Waals surface area (Å²) in [5.41, 5.74) is 5.64. The Hall–Kier alpha value is -1.23. The molecular weight excluding hydrogens is 243 g/mol. The zero-order valence-corrected chi connectivity index (χ0v) is 10.6. The molecule has 1 unspecified atom stereocenters. The van der Waals surface area contributed by atoms with Crippen LogP contribution in [-0.2, 0) is 12.6 Å². The van der Waals surface area contributed by atoms with Crippen molar-refractivity contribution in [3.05, 3.63) is 29.3 Å². The van der Waals surface area contributed by atoms with Crippen molar-refractivity contribution in [2.24, 2.45) is 5.73 Å². The highest BCUT2D eigenvalue weighted by Crippen LogP contribution is 2.33. The van der Waals surface area contributed by atoms with E-state index in [9.17, 15) is 13.2 Å². The molecule has 0 bridgehead atoms. The van der Waals surface area contributed by atoms with Crippen LogP contribution in [0.15, 0.2) is 18.2 Å². The lowest BCUT2D eigenvalue weighted by Gasteiger charge is -2.16. The molecular formula is C13H18F3NO. The minimum absolute atomic E-state index is 0.160. The Kier molecular flexibility index (Phi) is 5.02. The number of benzene rings is 1. The maximum Gasteiger partial charge on any atom is 0.416 e. The monoisotopic (exact) mass is 261 g/mol. The number of halogens is 3. The first-order chi connectivity index (χ1) is 8.38. The van der Waals surface area contributed by atoms with E-state index in [0.717, 1.165) is 12.1 Å². The highest BCUT2D eigenvalue weighted by Gasteiger charge is 2.31. The van der Waals surface area contributed by atoms with Crippen LogP contribution in [-0.4, -0.2) is 12.6 Å². The van der Waals surface area contributed by atoms with Gasteiger partial charge in [0.05, 0.1) is 12.2 Å². The summed E-state index contributed by atoms with van der Waals surface area (Å²) in [7, 11) is 0. The van der Waals surface area contributed by atoms with Gasteiger partial charge >= 0.3 is 6.18 Å². The van der Waals surface area contributed by atoms with Gasteiger partial charge in [-0.3, -0.25) is 0 Å². The van der Waals surface area contributed by atoms with Crippen LogP contribution in [0.1, 0.15) is 31.4 Å². The Morgan fingerprint density at radius 1 is 1.28 bits per heavy atom. The molecule has 0 fully saturated rings. The summed E-state index contributed by atoms with van der Waals surface area (Å²) in [6.07, 6.45) is -3.24. The second-order valence-electron chi connectivity index (χ2n) is 4.13. The number of alkyl halides is 3. The third kappa shape index (κ3) is 3.91. The van der Waals surface area contributed by atoms with E-state index in [1.807, 2.05) is 6.92 Å². The summed E-state index contributed by atoms with van der Waals surface area (Å²) in [5, 5.41) is 0. The molecule has 0 aliphatic heterocycles. The van der Waals surface area contributed by atoms with Crippen molar-refractivity contribution in [3.8, 4) is 5.75 Å². The fraction of sp³-hybridized carbons (Fsp3) is 0.538. The SMILES string of the molecule is CCOc1ccc(C(F)(F)F)cc1CC(N)CC. The Labute approximate surface area is 105 Å². The molecule has 1 rings (SSSR count). The van der Waals surface area contributed by atoms with Crippen molar-refractivity contribution in [1.29, 1.82) is 0 Å².